The van der Waals surface area contributed by atoms with E-state index < -0.39 is 10.0 Å². The number of sulfonamides is 1. The van der Waals surface area contributed by atoms with E-state index in [1.54, 1.807) is 0 Å². The van der Waals surface area contributed by atoms with Crippen LogP contribution in [0, 0.1) is 17.8 Å². The van der Waals surface area contributed by atoms with Gasteiger partial charge in [0.1, 0.15) is 0 Å². The minimum atomic E-state index is -3.01. The monoisotopic (exact) mass is 247 g/mol. The van der Waals surface area contributed by atoms with Crippen molar-refractivity contribution < 1.29 is 8.42 Å². The van der Waals surface area contributed by atoms with Crippen LogP contribution in [0.15, 0.2) is 0 Å². The fourth-order valence-electron chi connectivity index (χ4n) is 2.61. The fraction of sp³-hybridized carbons (Fsp3) is 1.00. The van der Waals surface area contributed by atoms with Gasteiger partial charge in [-0.15, -0.1) is 0 Å². The molecule has 0 bridgehead atoms. The van der Waals surface area contributed by atoms with Crippen LogP contribution in [0.1, 0.15) is 46.0 Å². The summed E-state index contributed by atoms with van der Waals surface area (Å²) in [5, 5.41) is 0. The molecular weight excluding hydrogens is 222 g/mol. The first-order valence-electron chi connectivity index (χ1n) is 6.31. The Bertz CT molecular complexity index is 290. The Morgan fingerprint density at radius 3 is 2.06 bits per heavy atom. The summed E-state index contributed by atoms with van der Waals surface area (Å²) in [5.74, 6) is 2.21. The quantitative estimate of drug-likeness (QED) is 0.811. The van der Waals surface area contributed by atoms with Gasteiger partial charge in [-0.3, -0.25) is 0 Å². The van der Waals surface area contributed by atoms with Gasteiger partial charge >= 0.3 is 0 Å². The third-order valence-corrected chi connectivity index (χ3v) is 4.10. The van der Waals surface area contributed by atoms with Crippen molar-refractivity contribution in [2.24, 2.45) is 17.8 Å². The molecule has 1 fully saturated rings. The highest BCUT2D eigenvalue weighted by Gasteiger charge is 2.22. The maximum atomic E-state index is 11.0. The van der Waals surface area contributed by atoms with Crippen LogP contribution < -0.4 is 4.72 Å². The molecule has 0 amide bonds. The maximum Gasteiger partial charge on any atom is 0.208 e. The Hall–Kier alpha value is -0.0900. The predicted octanol–water partition coefficient (Wildman–Crippen LogP) is 2.39. The van der Waals surface area contributed by atoms with E-state index in [4.69, 9.17) is 0 Å². The lowest BCUT2D eigenvalue weighted by Crippen LogP contribution is -2.30. The van der Waals surface area contributed by atoms with E-state index in [0.29, 0.717) is 12.5 Å². The molecule has 0 unspecified atom stereocenters. The molecule has 0 aromatic rings. The molecule has 0 spiro atoms. The zero-order chi connectivity index (χ0) is 12.2. The maximum absolute atomic E-state index is 11.0. The number of nitrogens with one attached hydrogen (secondary N) is 1. The molecule has 0 aliphatic heterocycles. The van der Waals surface area contributed by atoms with Crippen LogP contribution >= 0.6 is 0 Å². The number of hydrogen-bond donors (Lipinski definition) is 1. The van der Waals surface area contributed by atoms with Gasteiger partial charge in [-0.05, 0) is 37.0 Å². The lowest BCUT2D eigenvalue weighted by molar-refractivity contribution is 0.245. The van der Waals surface area contributed by atoms with Crippen LogP contribution in [0.25, 0.3) is 0 Å². The van der Waals surface area contributed by atoms with Crippen molar-refractivity contribution in [3.63, 3.8) is 0 Å². The van der Waals surface area contributed by atoms with E-state index in [1.165, 1.54) is 38.4 Å². The highest BCUT2D eigenvalue weighted by Crippen LogP contribution is 2.32. The zero-order valence-electron chi connectivity index (χ0n) is 10.7. The van der Waals surface area contributed by atoms with Gasteiger partial charge < -0.3 is 0 Å². The van der Waals surface area contributed by atoms with Crippen molar-refractivity contribution in [3.8, 4) is 0 Å². The minimum absolute atomic E-state index is 0.554. The normalized spacial score (nSPS) is 27.2. The molecule has 0 saturated heterocycles. The zero-order valence-corrected chi connectivity index (χ0v) is 11.5. The Kier molecular flexibility index (Phi) is 5.25. The molecule has 16 heavy (non-hydrogen) atoms. The third-order valence-electron chi connectivity index (χ3n) is 3.41. The van der Waals surface area contributed by atoms with Crippen LogP contribution in [-0.4, -0.2) is 21.2 Å². The first-order valence-corrected chi connectivity index (χ1v) is 8.20. The molecule has 4 heteroatoms. The standard InChI is InChI=1S/C12H25NO2S/c1-10(2)8-11-4-6-12(7-5-11)9-13-16(3,14)15/h10-13H,4-9H2,1-3H3/t11-,12+. The SMILES string of the molecule is CC(C)C[C@H]1CC[C@@H](CNS(C)(=O)=O)CC1. The van der Waals surface area contributed by atoms with E-state index in [2.05, 4.69) is 18.6 Å². The first-order chi connectivity index (χ1) is 7.37. The summed E-state index contributed by atoms with van der Waals surface area (Å²) in [6.07, 6.45) is 7.46. The molecule has 96 valence electrons. The summed E-state index contributed by atoms with van der Waals surface area (Å²) in [4.78, 5) is 0. The Balaban J connectivity index is 2.22. The molecule has 0 atom stereocenters. The predicted molar refractivity (Wildman–Crippen MR) is 67.7 cm³/mol. The molecule has 0 radical (unpaired) electrons. The van der Waals surface area contributed by atoms with Gasteiger partial charge in [0.2, 0.25) is 10.0 Å². The van der Waals surface area contributed by atoms with Crippen molar-refractivity contribution in [3.05, 3.63) is 0 Å². The highest BCUT2D eigenvalue weighted by molar-refractivity contribution is 7.88. The largest absolute Gasteiger partial charge is 0.215 e. The molecule has 1 aliphatic rings. The molecule has 1 rings (SSSR count). The van der Waals surface area contributed by atoms with Crippen molar-refractivity contribution >= 4 is 10.0 Å². The topological polar surface area (TPSA) is 46.2 Å². The molecule has 1 aliphatic carbocycles. The van der Waals surface area contributed by atoms with E-state index in [-0.39, 0.29) is 0 Å². The lowest BCUT2D eigenvalue weighted by atomic mass is 9.78. The van der Waals surface area contributed by atoms with E-state index in [1.807, 2.05) is 0 Å². The van der Waals surface area contributed by atoms with Gasteiger partial charge in [0.05, 0.1) is 6.26 Å². The molecular formula is C12H25NO2S. The third kappa shape index (κ3) is 5.85. The van der Waals surface area contributed by atoms with Crippen molar-refractivity contribution in [2.75, 3.05) is 12.8 Å². The minimum Gasteiger partial charge on any atom is -0.215 e. The molecule has 0 heterocycles. The number of rotatable bonds is 5. The Morgan fingerprint density at radius 1 is 1.12 bits per heavy atom. The molecule has 3 nitrogen and oxygen atoms in total. The molecule has 1 saturated carbocycles. The second-order valence-corrected chi connectivity index (χ2v) is 7.47. The van der Waals surface area contributed by atoms with Crippen LogP contribution in [0.2, 0.25) is 0 Å². The van der Waals surface area contributed by atoms with Gasteiger partial charge in [-0.1, -0.05) is 26.7 Å². The second kappa shape index (κ2) is 6.01. The number of hydrogen-bond acceptors (Lipinski definition) is 2. The van der Waals surface area contributed by atoms with Gasteiger partial charge in [0, 0.05) is 6.54 Å². The van der Waals surface area contributed by atoms with Gasteiger partial charge in [0.25, 0.3) is 0 Å². The average molecular weight is 247 g/mol. The van der Waals surface area contributed by atoms with E-state index >= 15 is 0 Å². The van der Waals surface area contributed by atoms with Crippen molar-refractivity contribution in [2.45, 2.75) is 46.0 Å². The van der Waals surface area contributed by atoms with Crippen LogP contribution in [0.3, 0.4) is 0 Å². The first kappa shape index (κ1) is 14.0. The van der Waals surface area contributed by atoms with E-state index in [0.717, 1.165) is 11.8 Å². The van der Waals surface area contributed by atoms with Crippen LogP contribution in [0.5, 0.6) is 0 Å². The van der Waals surface area contributed by atoms with Gasteiger partial charge in [-0.25, -0.2) is 13.1 Å². The Labute approximate surface area is 100 Å². The van der Waals surface area contributed by atoms with Gasteiger partial charge in [0.15, 0.2) is 0 Å². The smallest absolute Gasteiger partial charge is 0.208 e. The molecule has 0 aromatic carbocycles. The molecule has 0 aromatic heterocycles. The summed E-state index contributed by atoms with van der Waals surface area (Å²) in [5.41, 5.74) is 0. The van der Waals surface area contributed by atoms with E-state index in [9.17, 15) is 8.42 Å². The molecule has 1 N–H and O–H groups in total. The summed E-state index contributed by atoms with van der Waals surface area (Å²) in [6, 6.07) is 0. The Morgan fingerprint density at radius 2 is 1.62 bits per heavy atom. The van der Waals surface area contributed by atoms with Crippen LogP contribution in [0.4, 0.5) is 0 Å². The fourth-order valence-corrected chi connectivity index (χ4v) is 3.15. The van der Waals surface area contributed by atoms with Crippen LogP contribution in [-0.2, 0) is 10.0 Å². The van der Waals surface area contributed by atoms with Crippen molar-refractivity contribution in [1.82, 2.24) is 4.72 Å². The van der Waals surface area contributed by atoms with Gasteiger partial charge in [-0.2, -0.15) is 0 Å². The summed E-state index contributed by atoms with van der Waals surface area (Å²) in [7, 11) is -3.01. The van der Waals surface area contributed by atoms with Crippen molar-refractivity contribution in [1.29, 1.82) is 0 Å². The lowest BCUT2D eigenvalue weighted by Gasteiger charge is -2.29. The summed E-state index contributed by atoms with van der Waals surface area (Å²) < 4.78 is 24.6. The summed E-state index contributed by atoms with van der Waals surface area (Å²) in [6.45, 7) is 5.18. The second-order valence-electron chi connectivity index (χ2n) is 5.64. The summed E-state index contributed by atoms with van der Waals surface area (Å²) >= 11 is 0. The highest BCUT2D eigenvalue weighted by atomic mass is 32.2. The average Bonchev–Trinajstić information content (AvgIpc) is 2.14.